The van der Waals surface area contributed by atoms with Crippen molar-refractivity contribution in [2.24, 2.45) is 0 Å². The van der Waals surface area contributed by atoms with E-state index >= 15 is 0 Å². The van der Waals surface area contributed by atoms with Crippen LogP contribution in [-0.2, 0) is 4.74 Å². The van der Waals surface area contributed by atoms with Gasteiger partial charge in [-0.15, -0.1) is 0 Å². The Hall–Kier alpha value is -1.39. The second-order valence-electron chi connectivity index (χ2n) is 4.74. The van der Waals surface area contributed by atoms with Crippen molar-refractivity contribution < 1.29 is 14.4 Å². The lowest BCUT2D eigenvalue weighted by Crippen LogP contribution is -3.14. The maximum absolute atomic E-state index is 11.9. The Morgan fingerprint density at radius 2 is 2.17 bits per heavy atom. The first-order chi connectivity index (χ1) is 8.75. The number of amides is 1. The van der Waals surface area contributed by atoms with E-state index < -0.39 is 0 Å². The zero-order valence-corrected chi connectivity index (χ0v) is 10.9. The number of rotatable bonds is 4. The summed E-state index contributed by atoms with van der Waals surface area (Å²) < 4.78 is 5.30. The van der Waals surface area contributed by atoms with E-state index in [1.165, 1.54) is 4.90 Å². The van der Waals surface area contributed by atoms with Crippen molar-refractivity contribution in [1.29, 1.82) is 0 Å². The highest BCUT2D eigenvalue weighted by molar-refractivity contribution is 5.94. The van der Waals surface area contributed by atoms with Crippen LogP contribution in [0.5, 0.6) is 0 Å². The largest absolute Gasteiger partial charge is 0.370 e. The Kier molecular flexibility index (Phi) is 4.73. The molecule has 0 unspecified atom stereocenters. The molecule has 0 radical (unpaired) electrons. The number of hydrogen-bond donors (Lipinski definition) is 2. The van der Waals surface area contributed by atoms with E-state index in [1.54, 1.807) is 0 Å². The molecule has 1 saturated heterocycles. The second kappa shape index (κ2) is 6.52. The predicted molar refractivity (Wildman–Crippen MR) is 69.9 cm³/mol. The number of carbonyl (C=O) groups excluding carboxylic acids is 1. The molecule has 2 rings (SSSR count). The van der Waals surface area contributed by atoms with Crippen LogP contribution in [0.25, 0.3) is 0 Å². The van der Waals surface area contributed by atoms with E-state index in [0.717, 1.165) is 50.5 Å². The predicted octanol–water partition coefficient (Wildman–Crippen LogP) is -0.360. The van der Waals surface area contributed by atoms with E-state index in [0.29, 0.717) is 0 Å². The molecule has 2 N–H and O–H groups in total. The molecule has 0 aromatic heterocycles. The molecule has 0 atom stereocenters. The van der Waals surface area contributed by atoms with Gasteiger partial charge >= 0.3 is 0 Å². The Morgan fingerprint density at radius 3 is 2.89 bits per heavy atom. The molecule has 4 nitrogen and oxygen atoms in total. The van der Waals surface area contributed by atoms with Gasteiger partial charge < -0.3 is 15.0 Å². The van der Waals surface area contributed by atoms with Gasteiger partial charge in [0.05, 0.1) is 26.3 Å². The van der Waals surface area contributed by atoms with Crippen LogP contribution < -0.4 is 10.2 Å². The number of carbonyl (C=O) groups is 1. The van der Waals surface area contributed by atoms with Crippen molar-refractivity contribution in [3.8, 4) is 0 Å². The third kappa shape index (κ3) is 3.82. The van der Waals surface area contributed by atoms with Crippen LogP contribution in [-0.4, -0.2) is 45.3 Å². The Bertz CT molecular complexity index is 401. The van der Waals surface area contributed by atoms with E-state index in [4.69, 9.17) is 4.74 Å². The number of aryl methyl sites for hydroxylation is 1. The minimum Gasteiger partial charge on any atom is -0.370 e. The molecule has 0 saturated carbocycles. The van der Waals surface area contributed by atoms with E-state index in [1.807, 2.05) is 31.2 Å². The molecular formula is C14H21N2O2+. The molecule has 1 aromatic rings. The molecule has 18 heavy (non-hydrogen) atoms. The van der Waals surface area contributed by atoms with Crippen LogP contribution in [0.15, 0.2) is 24.3 Å². The van der Waals surface area contributed by atoms with Crippen molar-refractivity contribution in [3.63, 3.8) is 0 Å². The fourth-order valence-electron chi connectivity index (χ4n) is 2.15. The van der Waals surface area contributed by atoms with Crippen LogP contribution in [0.1, 0.15) is 15.9 Å². The van der Waals surface area contributed by atoms with Gasteiger partial charge in [-0.1, -0.05) is 17.7 Å². The topological polar surface area (TPSA) is 42.8 Å². The molecule has 0 aliphatic carbocycles. The van der Waals surface area contributed by atoms with Gasteiger partial charge in [-0.2, -0.15) is 0 Å². The Labute approximate surface area is 108 Å². The van der Waals surface area contributed by atoms with Crippen LogP contribution >= 0.6 is 0 Å². The maximum Gasteiger partial charge on any atom is 0.251 e. The molecule has 4 heteroatoms. The smallest absolute Gasteiger partial charge is 0.251 e. The van der Waals surface area contributed by atoms with Gasteiger partial charge in [0, 0.05) is 5.56 Å². The van der Waals surface area contributed by atoms with Crippen molar-refractivity contribution in [3.05, 3.63) is 35.4 Å². The fraction of sp³-hybridized carbons (Fsp3) is 0.500. The summed E-state index contributed by atoms with van der Waals surface area (Å²) in [5.41, 5.74) is 1.86. The molecule has 1 aromatic carbocycles. The molecule has 98 valence electrons. The van der Waals surface area contributed by atoms with Gasteiger partial charge in [-0.05, 0) is 19.1 Å². The molecule has 1 heterocycles. The normalized spacial score (nSPS) is 16.5. The average Bonchev–Trinajstić information content (AvgIpc) is 2.40. The zero-order chi connectivity index (χ0) is 12.8. The molecule has 1 amide bonds. The third-order valence-corrected chi connectivity index (χ3v) is 3.24. The molecular weight excluding hydrogens is 228 g/mol. The van der Waals surface area contributed by atoms with Crippen LogP contribution in [0.3, 0.4) is 0 Å². The molecule has 1 fully saturated rings. The Balaban J connectivity index is 1.74. The highest BCUT2D eigenvalue weighted by atomic mass is 16.5. The number of hydrogen-bond acceptors (Lipinski definition) is 2. The first kappa shape index (κ1) is 13.1. The highest BCUT2D eigenvalue weighted by Crippen LogP contribution is 2.03. The zero-order valence-electron chi connectivity index (χ0n) is 10.9. The maximum atomic E-state index is 11.9. The minimum atomic E-state index is 0.0198. The van der Waals surface area contributed by atoms with Crippen molar-refractivity contribution in [1.82, 2.24) is 5.32 Å². The SMILES string of the molecule is Cc1cccc(C(=O)NCC[NH+]2CCOCC2)c1. The lowest BCUT2D eigenvalue weighted by atomic mass is 10.1. The quantitative estimate of drug-likeness (QED) is 0.765. The summed E-state index contributed by atoms with van der Waals surface area (Å²) in [6, 6.07) is 7.67. The fourth-order valence-corrected chi connectivity index (χ4v) is 2.15. The van der Waals surface area contributed by atoms with Gasteiger partial charge in [0.2, 0.25) is 0 Å². The monoisotopic (exact) mass is 249 g/mol. The van der Waals surface area contributed by atoms with Gasteiger partial charge in [0.1, 0.15) is 13.1 Å². The van der Waals surface area contributed by atoms with E-state index in [2.05, 4.69) is 5.32 Å². The van der Waals surface area contributed by atoms with Crippen LogP contribution in [0, 0.1) is 6.92 Å². The average molecular weight is 249 g/mol. The van der Waals surface area contributed by atoms with Crippen molar-refractivity contribution >= 4 is 5.91 Å². The second-order valence-corrected chi connectivity index (χ2v) is 4.74. The van der Waals surface area contributed by atoms with E-state index in [9.17, 15) is 4.79 Å². The van der Waals surface area contributed by atoms with Crippen molar-refractivity contribution in [2.45, 2.75) is 6.92 Å². The summed E-state index contributed by atoms with van der Waals surface area (Å²) in [5, 5.41) is 2.97. The summed E-state index contributed by atoms with van der Waals surface area (Å²) in [7, 11) is 0. The van der Waals surface area contributed by atoms with Crippen molar-refractivity contribution in [2.75, 3.05) is 39.4 Å². The molecule has 0 spiro atoms. The van der Waals surface area contributed by atoms with Gasteiger partial charge in [0.15, 0.2) is 0 Å². The molecule has 1 aliphatic heterocycles. The van der Waals surface area contributed by atoms with Crippen LogP contribution in [0.2, 0.25) is 0 Å². The number of morpholine rings is 1. The van der Waals surface area contributed by atoms with Gasteiger partial charge in [-0.25, -0.2) is 0 Å². The summed E-state index contributed by atoms with van der Waals surface area (Å²) in [4.78, 5) is 13.4. The summed E-state index contributed by atoms with van der Waals surface area (Å²) in [6.07, 6.45) is 0. The van der Waals surface area contributed by atoms with Crippen LogP contribution in [0.4, 0.5) is 0 Å². The summed E-state index contributed by atoms with van der Waals surface area (Å²) >= 11 is 0. The van der Waals surface area contributed by atoms with Gasteiger partial charge in [0.25, 0.3) is 5.91 Å². The third-order valence-electron chi connectivity index (χ3n) is 3.24. The lowest BCUT2D eigenvalue weighted by molar-refractivity contribution is -0.906. The standard InChI is InChI=1S/C14H20N2O2/c1-12-3-2-4-13(11-12)14(17)15-5-6-16-7-9-18-10-8-16/h2-4,11H,5-10H2,1H3,(H,15,17)/p+1. The summed E-state index contributed by atoms with van der Waals surface area (Å²) in [5.74, 6) is 0.0198. The molecule has 1 aliphatic rings. The number of ether oxygens (including phenoxy) is 1. The number of nitrogens with one attached hydrogen (secondary N) is 2. The Morgan fingerprint density at radius 1 is 1.39 bits per heavy atom. The minimum absolute atomic E-state index is 0.0198. The first-order valence-electron chi connectivity index (χ1n) is 6.52. The highest BCUT2D eigenvalue weighted by Gasteiger charge is 2.13. The lowest BCUT2D eigenvalue weighted by Gasteiger charge is -2.23. The number of quaternary nitrogens is 1. The first-order valence-corrected chi connectivity index (χ1v) is 6.52. The van der Waals surface area contributed by atoms with E-state index in [-0.39, 0.29) is 5.91 Å². The summed E-state index contributed by atoms with van der Waals surface area (Å²) in [6.45, 7) is 7.45. The molecule has 0 bridgehead atoms. The van der Waals surface area contributed by atoms with Gasteiger partial charge in [-0.3, -0.25) is 4.79 Å². The number of benzene rings is 1.